The van der Waals surface area contributed by atoms with Gasteiger partial charge in [-0.15, -0.1) is 0 Å². The largest absolute Gasteiger partial charge is 0.478 e. The lowest BCUT2D eigenvalue weighted by Crippen LogP contribution is -2.28. The molecular formula is C17H16N6O4. The third-order valence-electron chi connectivity index (χ3n) is 3.55. The van der Waals surface area contributed by atoms with Crippen LogP contribution in [0.4, 0.5) is 10.6 Å². The van der Waals surface area contributed by atoms with E-state index in [9.17, 15) is 14.7 Å². The predicted molar refractivity (Wildman–Crippen MR) is 95.2 cm³/mol. The number of aromatic nitrogens is 4. The number of carbonyl (C=O) groups is 2. The highest BCUT2D eigenvalue weighted by atomic mass is 16.5. The molecule has 2 amide bonds. The van der Waals surface area contributed by atoms with Crippen molar-refractivity contribution >= 4 is 17.8 Å². The van der Waals surface area contributed by atoms with Crippen LogP contribution in [-0.2, 0) is 0 Å². The maximum absolute atomic E-state index is 11.8. The fourth-order valence-electron chi connectivity index (χ4n) is 2.37. The second kappa shape index (κ2) is 7.60. The van der Waals surface area contributed by atoms with Crippen LogP contribution in [0.1, 0.15) is 23.2 Å². The van der Waals surface area contributed by atoms with Crippen molar-refractivity contribution in [2.75, 3.05) is 11.9 Å². The van der Waals surface area contributed by atoms with Crippen molar-refractivity contribution in [2.24, 2.45) is 0 Å². The Hall–Kier alpha value is -3.82. The first kappa shape index (κ1) is 18.0. The lowest BCUT2D eigenvalue weighted by molar-refractivity contribution is 0.0696. The van der Waals surface area contributed by atoms with Gasteiger partial charge in [0.25, 0.3) is 0 Å². The number of aromatic carboxylic acids is 1. The number of rotatable bonds is 5. The molecule has 0 saturated heterocycles. The van der Waals surface area contributed by atoms with Crippen molar-refractivity contribution in [2.45, 2.75) is 13.8 Å². The van der Waals surface area contributed by atoms with Crippen LogP contribution in [0, 0.1) is 6.92 Å². The Morgan fingerprint density at radius 3 is 2.67 bits per heavy atom. The van der Waals surface area contributed by atoms with E-state index in [0.717, 1.165) is 0 Å². The number of carbonyl (C=O) groups excluding carboxylic acids is 1. The Morgan fingerprint density at radius 2 is 2.00 bits per heavy atom. The van der Waals surface area contributed by atoms with Crippen LogP contribution in [0.15, 0.2) is 35.2 Å². The Labute approximate surface area is 153 Å². The van der Waals surface area contributed by atoms with Crippen molar-refractivity contribution in [3.63, 3.8) is 0 Å². The summed E-state index contributed by atoms with van der Waals surface area (Å²) in [5, 5.41) is 18.3. The lowest BCUT2D eigenvalue weighted by atomic mass is 10.0. The molecule has 0 radical (unpaired) electrons. The van der Waals surface area contributed by atoms with Gasteiger partial charge >= 0.3 is 12.0 Å². The van der Waals surface area contributed by atoms with E-state index in [1.165, 1.54) is 24.7 Å². The van der Waals surface area contributed by atoms with Gasteiger partial charge in [-0.1, -0.05) is 5.16 Å². The summed E-state index contributed by atoms with van der Waals surface area (Å²) in [6, 6.07) is 2.66. The zero-order chi connectivity index (χ0) is 19.4. The molecular weight excluding hydrogens is 352 g/mol. The van der Waals surface area contributed by atoms with E-state index in [1.54, 1.807) is 19.9 Å². The maximum Gasteiger partial charge on any atom is 0.337 e. The third-order valence-corrected chi connectivity index (χ3v) is 3.55. The zero-order valence-electron chi connectivity index (χ0n) is 14.6. The highest BCUT2D eigenvalue weighted by molar-refractivity contribution is 5.92. The normalized spacial score (nSPS) is 10.4. The number of carboxylic acid groups (broad SMARTS) is 1. The first-order valence-electron chi connectivity index (χ1n) is 8.02. The summed E-state index contributed by atoms with van der Waals surface area (Å²) in [5.74, 6) is -0.165. The topological polar surface area (TPSA) is 143 Å². The van der Waals surface area contributed by atoms with E-state index in [0.29, 0.717) is 29.1 Å². The van der Waals surface area contributed by atoms with Gasteiger partial charge in [0.2, 0.25) is 11.7 Å². The molecule has 10 nitrogen and oxygen atoms in total. The van der Waals surface area contributed by atoms with E-state index >= 15 is 0 Å². The number of pyridine rings is 2. The predicted octanol–water partition coefficient (Wildman–Crippen LogP) is 2.34. The first-order valence-corrected chi connectivity index (χ1v) is 8.02. The van der Waals surface area contributed by atoms with E-state index in [1.807, 2.05) is 0 Å². The van der Waals surface area contributed by atoms with Crippen molar-refractivity contribution in [1.82, 2.24) is 25.4 Å². The van der Waals surface area contributed by atoms with Gasteiger partial charge < -0.3 is 14.9 Å². The van der Waals surface area contributed by atoms with Gasteiger partial charge in [0.05, 0.1) is 5.56 Å². The van der Waals surface area contributed by atoms with Gasteiger partial charge in [0.15, 0.2) is 0 Å². The Balaban J connectivity index is 2.09. The zero-order valence-corrected chi connectivity index (χ0v) is 14.6. The number of hydrogen-bond donors (Lipinski definition) is 3. The molecule has 0 saturated carbocycles. The number of nitrogens with one attached hydrogen (secondary N) is 2. The fraction of sp³-hybridized carbons (Fsp3) is 0.176. The summed E-state index contributed by atoms with van der Waals surface area (Å²) >= 11 is 0. The molecule has 3 N–H and O–H groups in total. The summed E-state index contributed by atoms with van der Waals surface area (Å²) in [4.78, 5) is 35.4. The second-order valence-corrected chi connectivity index (χ2v) is 5.50. The number of nitrogens with zero attached hydrogens (tertiary/aromatic N) is 4. The van der Waals surface area contributed by atoms with Crippen LogP contribution in [0.5, 0.6) is 0 Å². The Kier molecular flexibility index (Phi) is 5.06. The molecule has 3 aromatic rings. The fourth-order valence-corrected chi connectivity index (χ4v) is 2.37. The van der Waals surface area contributed by atoms with Gasteiger partial charge in [-0.25, -0.2) is 14.6 Å². The minimum atomic E-state index is -1.09. The van der Waals surface area contributed by atoms with Gasteiger partial charge in [0.1, 0.15) is 5.82 Å². The molecule has 0 aliphatic carbocycles. The molecule has 138 valence electrons. The Morgan fingerprint density at radius 1 is 1.19 bits per heavy atom. The van der Waals surface area contributed by atoms with Crippen molar-refractivity contribution in [1.29, 1.82) is 0 Å². The highest BCUT2D eigenvalue weighted by Crippen LogP contribution is 2.31. The van der Waals surface area contributed by atoms with Crippen LogP contribution in [0.25, 0.3) is 22.5 Å². The van der Waals surface area contributed by atoms with Crippen molar-refractivity contribution in [3.8, 4) is 22.5 Å². The molecule has 3 heterocycles. The van der Waals surface area contributed by atoms with Gasteiger partial charge in [-0.3, -0.25) is 10.3 Å². The Bertz CT molecular complexity index is 1000. The lowest BCUT2D eigenvalue weighted by Gasteiger charge is -2.10. The van der Waals surface area contributed by atoms with Gasteiger partial charge in [0, 0.05) is 48.7 Å². The molecule has 27 heavy (non-hydrogen) atoms. The van der Waals surface area contributed by atoms with Crippen molar-refractivity contribution in [3.05, 3.63) is 42.2 Å². The molecule has 0 atom stereocenters. The average molecular weight is 368 g/mol. The summed E-state index contributed by atoms with van der Waals surface area (Å²) in [6.07, 6.45) is 4.25. The average Bonchev–Trinajstić information content (AvgIpc) is 3.08. The number of carboxylic acids is 1. The summed E-state index contributed by atoms with van der Waals surface area (Å²) in [6.45, 7) is 3.92. The number of aryl methyl sites for hydroxylation is 1. The summed E-state index contributed by atoms with van der Waals surface area (Å²) < 4.78 is 5.04. The van der Waals surface area contributed by atoms with Gasteiger partial charge in [-0.05, 0) is 19.1 Å². The summed E-state index contributed by atoms with van der Waals surface area (Å²) in [5.41, 5.74) is 1.61. The van der Waals surface area contributed by atoms with Crippen LogP contribution in [0.2, 0.25) is 0 Å². The third kappa shape index (κ3) is 4.06. The molecule has 0 aromatic carbocycles. The first-order chi connectivity index (χ1) is 13.0. The molecule has 0 aliphatic rings. The van der Waals surface area contributed by atoms with Crippen LogP contribution >= 0.6 is 0 Å². The number of amides is 2. The monoisotopic (exact) mass is 368 g/mol. The van der Waals surface area contributed by atoms with Gasteiger partial charge in [-0.2, -0.15) is 4.98 Å². The van der Waals surface area contributed by atoms with Crippen LogP contribution < -0.4 is 10.6 Å². The number of hydrogen-bond acceptors (Lipinski definition) is 7. The molecule has 0 aliphatic heterocycles. The second-order valence-electron chi connectivity index (χ2n) is 5.50. The molecule has 3 aromatic heterocycles. The molecule has 0 fully saturated rings. The number of anilines is 1. The quantitative estimate of drug-likeness (QED) is 0.622. The SMILES string of the molecule is CCNC(=O)Nc1cc(-c2noc(C)n2)c(-c2cncc(C(=O)O)c2)cn1. The van der Waals surface area contributed by atoms with Crippen LogP contribution in [0.3, 0.4) is 0 Å². The van der Waals surface area contributed by atoms with E-state index in [2.05, 4.69) is 30.7 Å². The summed E-state index contributed by atoms with van der Waals surface area (Å²) in [7, 11) is 0. The molecule has 0 spiro atoms. The minimum Gasteiger partial charge on any atom is -0.478 e. The standard InChI is InChI=1S/C17H16N6O4/c1-3-19-17(26)22-14-5-12(15-21-9(2)27-23-15)13(8-20-14)10-4-11(16(24)25)7-18-6-10/h4-8H,3H2,1-2H3,(H,24,25)(H2,19,20,22,26). The highest BCUT2D eigenvalue weighted by Gasteiger charge is 2.17. The van der Waals surface area contributed by atoms with Crippen molar-refractivity contribution < 1.29 is 19.2 Å². The van der Waals surface area contributed by atoms with E-state index in [4.69, 9.17) is 4.52 Å². The molecule has 3 rings (SSSR count). The molecule has 10 heteroatoms. The molecule has 0 bridgehead atoms. The van der Waals surface area contributed by atoms with E-state index < -0.39 is 12.0 Å². The maximum atomic E-state index is 11.8. The smallest absolute Gasteiger partial charge is 0.337 e. The minimum absolute atomic E-state index is 0.0345. The molecule has 0 unspecified atom stereocenters. The van der Waals surface area contributed by atoms with Crippen LogP contribution in [-0.4, -0.2) is 43.8 Å². The number of urea groups is 1. The van der Waals surface area contributed by atoms with E-state index in [-0.39, 0.29) is 17.2 Å².